The first-order valence-electron chi connectivity index (χ1n) is 2.76. The van der Waals surface area contributed by atoms with E-state index in [-0.39, 0.29) is 5.97 Å². The second-order valence-corrected chi connectivity index (χ2v) is 1.33. The van der Waals surface area contributed by atoms with Crippen LogP contribution in [0.5, 0.6) is 0 Å². The molecule has 0 N–H and O–H groups in total. The lowest BCUT2D eigenvalue weighted by Gasteiger charge is -1.91. The number of alkyl halides is 1. The highest BCUT2D eigenvalue weighted by Crippen LogP contribution is 1.86. The van der Waals surface area contributed by atoms with Crippen LogP contribution in [0, 0.1) is 0 Å². The molecule has 3 heteroatoms. The Balaban J connectivity index is 0. The quantitative estimate of drug-likeness (QED) is 0.446. The van der Waals surface area contributed by atoms with Crippen LogP contribution in [0.15, 0.2) is 0 Å². The molecule has 2 nitrogen and oxygen atoms in total. The fourth-order valence-corrected chi connectivity index (χ4v) is 0.306. The van der Waals surface area contributed by atoms with Crippen LogP contribution in [0.25, 0.3) is 0 Å². The molecule has 0 amide bonds. The molecule has 0 aromatic heterocycles. The van der Waals surface area contributed by atoms with Gasteiger partial charge in [-0.05, 0) is 6.42 Å². The van der Waals surface area contributed by atoms with Gasteiger partial charge in [0.15, 0.2) is 0 Å². The minimum atomic E-state index is -0.123. The van der Waals surface area contributed by atoms with Gasteiger partial charge in [-0.15, -0.1) is 11.6 Å². The van der Waals surface area contributed by atoms with Crippen molar-refractivity contribution < 1.29 is 9.53 Å². The van der Waals surface area contributed by atoms with Crippen molar-refractivity contribution in [1.29, 1.82) is 0 Å². The van der Waals surface area contributed by atoms with Crippen LogP contribution in [0.2, 0.25) is 0 Å². The van der Waals surface area contributed by atoms with E-state index in [1.54, 1.807) is 0 Å². The maximum atomic E-state index is 10.2. The standard InChI is InChI=1S/C5H10O2.CH3Cl/c1-3-4-5(6)7-2;1-2/h3-4H2,1-2H3;1H3. The van der Waals surface area contributed by atoms with Gasteiger partial charge in [-0.1, -0.05) is 6.92 Å². The Kier molecular flexibility index (Phi) is 13.7. The SMILES string of the molecule is CCCC(=O)OC.CCl. The molecule has 0 bridgehead atoms. The number of ether oxygens (including phenoxy) is 1. The summed E-state index contributed by atoms with van der Waals surface area (Å²) < 4.78 is 4.35. The van der Waals surface area contributed by atoms with Gasteiger partial charge in [-0.3, -0.25) is 4.79 Å². The topological polar surface area (TPSA) is 26.3 Å². The average Bonchev–Trinajstić information content (AvgIpc) is 1.93. The summed E-state index contributed by atoms with van der Waals surface area (Å²) >= 11 is 4.64. The number of rotatable bonds is 2. The lowest BCUT2D eigenvalue weighted by molar-refractivity contribution is -0.140. The number of methoxy groups -OCH3 is 1. The fraction of sp³-hybridized carbons (Fsp3) is 0.833. The smallest absolute Gasteiger partial charge is 0.305 e. The molecule has 56 valence electrons. The molecule has 0 saturated heterocycles. The van der Waals surface area contributed by atoms with E-state index in [1.807, 2.05) is 6.92 Å². The van der Waals surface area contributed by atoms with Crippen LogP contribution in [-0.4, -0.2) is 19.5 Å². The molecule has 0 aliphatic heterocycles. The summed E-state index contributed by atoms with van der Waals surface area (Å²) in [6, 6.07) is 0. The third-order valence-corrected chi connectivity index (χ3v) is 0.682. The molecule has 0 aromatic rings. The second-order valence-electron chi connectivity index (χ2n) is 1.33. The van der Waals surface area contributed by atoms with E-state index < -0.39 is 0 Å². The third kappa shape index (κ3) is 11.4. The van der Waals surface area contributed by atoms with Crippen molar-refractivity contribution in [2.45, 2.75) is 19.8 Å². The summed E-state index contributed by atoms with van der Waals surface area (Å²) in [5.74, 6) is -0.123. The van der Waals surface area contributed by atoms with Crippen LogP contribution in [-0.2, 0) is 9.53 Å². The molecule has 0 radical (unpaired) electrons. The van der Waals surface area contributed by atoms with E-state index >= 15 is 0 Å². The van der Waals surface area contributed by atoms with Crippen LogP contribution >= 0.6 is 11.6 Å². The zero-order chi connectivity index (χ0) is 7.70. The van der Waals surface area contributed by atoms with Crippen LogP contribution in [0.1, 0.15) is 19.8 Å². The molecule has 0 rings (SSSR count). The van der Waals surface area contributed by atoms with Crippen molar-refractivity contribution in [3.8, 4) is 0 Å². The Labute approximate surface area is 61.1 Å². The normalized spacial score (nSPS) is 7.11. The van der Waals surface area contributed by atoms with E-state index in [0.717, 1.165) is 6.42 Å². The van der Waals surface area contributed by atoms with Crippen LogP contribution < -0.4 is 0 Å². The van der Waals surface area contributed by atoms with Crippen molar-refractivity contribution in [2.75, 3.05) is 13.5 Å². The van der Waals surface area contributed by atoms with Crippen LogP contribution in [0.4, 0.5) is 0 Å². The van der Waals surface area contributed by atoms with E-state index in [9.17, 15) is 4.79 Å². The summed E-state index contributed by atoms with van der Waals surface area (Å²) in [6.07, 6.45) is 2.88. The molecular formula is C6H13ClO2. The minimum absolute atomic E-state index is 0.123. The number of halogens is 1. The molecule has 0 heterocycles. The van der Waals surface area contributed by atoms with E-state index in [4.69, 9.17) is 0 Å². The van der Waals surface area contributed by atoms with Crippen molar-refractivity contribution in [3.63, 3.8) is 0 Å². The molecule has 0 saturated carbocycles. The highest BCUT2D eigenvalue weighted by Gasteiger charge is 1.92. The van der Waals surface area contributed by atoms with Gasteiger partial charge in [-0.2, -0.15) is 0 Å². The van der Waals surface area contributed by atoms with Gasteiger partial charge in [-0.25, -0.2) is 0 Å². The number of hydrogen-bond acceptors (Lipinski definition) is 2. The number of esters is 1. The maximum Gasteiger partial charge on any atom is 0.305 e. The van der Waals surface area contributed by atoms with Crippen molar-refractivity contribution in [3.05, 3.63) is 0 Å². The average molecular weight is 153 g/mol. The summed E-state index contributed by atoms with van der Waals surface area (Å²) in [5.41, 5.74) is 0. The monoisotopic (exact) mass is 152 g/mol. The first kappa shape index (κ1) is 11.5. The molecule has 0 aliphatic rings. The molecular weight excluding hydrogens is 140 g/mol. The first-order chi connectivity index (χ1) is 4.31. The lowest BCUT2D eigenvalue weighted by atomic mass is 10.3. The van der Waals surface area contributed by atoms with Crippen LogP contribution in [0.3, 0.4) is 0 Å². The predicted octanol–water partition coefficient (Wildman–Crippen LogP) is 1.81. The number of carbonyl (C=O) groups excluding carboxylic acids is 1. The molecule has 0 atom stereocenters. The third-order valence-electron chi connectivity index (χ3n) is 0.682. The molecule has 9 heavy (non-hydrogen) atoms. The minimum Gasteiger partial charge on any atom is -0.469 e. The second kappa shape index (κ2) is 10.7. The summed E-state index contributed by atoms with van der Waals surface area (Å²) in [6.45, 7) is 1.94. The van der Waals surface area contributed by atoms with Gasteiger partial charge in [0.1, 0.15) is 0 Å². The highest BCUT2D eigenvalue weighted by atomic mass is 35.5. The molecule has 0 fully saturated rings. The molecule has 0 aliphatic carbocycles. The Morgan fingerprint density at radius 2 is 2.00 bits per heavy atom. The predicted molar refractivity (Wildman–Crippen MR) is 38.7 cm³/mol. The summed E-state index contributed by atoms with van der Waals surface area (Å²) in [5, 5.41) is 0. The zero-order valence-electron chi connectivity index (χ0n) is 6.11. The van der Waals surface area contributed by atoms with Gasteiger partial charge in [0.25, 0.3) is 0 Å². The Morgan fingerprint density at radius 3 is 2.11 bits per heavy atom. The molecule has 0 aromatic carbocycles. The van der Waals surface area contributed by atoms with Crippen molar-refractivity contribution in [2.24, 2.45) is 0 Å². The van der Waals surface area contributed by atoms with E-state index in [1.165, 1.54) is 13.5 Å². The van der Waals surface area contributed by atoms with E-state index in [0.29, 0.717) is 6.42 Å². The lowest BCUT2D eigenvalue weighted by Crippen LogP contribution is -1.97. The van der Waals surface area contributed by atoms with E-state index in [2.05, 4.69) is 16.3 Å². The summed E-state index contributed by atoms with van der Waals surface area (Å²) in [7, 11) is 1.40. The van der Waals surface area contributed by atoms with Crippen molar-refractivity contribution in [1.82, 2.24) is 0 Å². The first-order valence-corrected chi connectivity index (χ1v) is 3.51. The van der Waals surface area contributed by atoms with Gasteiger partial charge in [0, 0.05) is 12.8 Å². The van der Waals surface area contributed by atoms with Gasteiger partial charge in [0.05, 0.1) is 7.11 Å². The highest BCUT2D eigenvalue weighted by molar-refractivity contribution is 6.15. The zero-order valence-corrected chi connectivity index (χ0v) is 6.86. The largest absolute Gasteiger partial charge is 0.469 e. The Morgan fingerprint density at radius 1 is 1.56 bits per heavy atom. The Bertz CT molecular complexity index is 64.1. The summed E-state index contributed by atoms with van der Waals surface area (Å²) in [4.78, 5) is 10.2. The fourth-order valence-electron chi connectivity index (χ4n) is 0.306. The molecule has 0 spiro atoms. The Hall–Kier alpha value is -0.240. The van der Waals surface area contributed by atoms with Crippen molar-refractivity contribution >= 4 is 17.6 Å². The maximum absolute atomic E-state index is 10.2. The van der Waals surface area contributed by atoms with Gasteiger partial charge in [0.2, 0.25) is 0 Å². The number of hydrogen-bond donors (Lipinski definition) is 0. The molecule has 0 unspecified atom stereocenters. The number of carbonyl (C=O) groups is 1. The van der Waals surface area contributed by atoms with Gasteiger partial charge >= 0.3 is 5.97 Å². The van der Waals surface area contributed by atoms with Gasteiger partial charge < -0.3 is 4.74 Å².